The van der Waals surface area contributed by atoms with Crippen LogP contribution in [0.25, 0.3) is 0 Å². The average molecular weight is 324 g/mol. The van der Waals surface area contributed by atoms with Gasteiger partial charge in [-0.1, -0.05) is 37.6 Å². The van der Waals surface area contributed by atoms with Crippen LogP contribution in [0, 0.1) is 11.3 Å². The SMILES string of the molecule is CC(C)(Cc1cccc(Cl)c1)C(=O)N1CCCC(C(=O)O)C1. The van der Waals surface area contributed by atoms with Crippen molar-refractivity contribution in [2.75, 3.05) is 13.1 Å². The minimum absolute atomic E-state index is 0.0124. The minimum Gasteiger partial charge on any atom is -0.481 e. The van der Waals surface area contributed by atoms with E-state index in [4.69, 9.17) is 16.7 Å². The van der Waals surface area contributed by atoms with E-state index in [-0.39, 0.29) is 5.91 Å². The lowest BCUT2D eigenvalue weighted by Gasteiger charge is -2.36. The van der Waals surface area contributed by atoms with Gasteiger partial charge in [0.25, 0.3) is 0 Å². The standard InChI is InChI=1S/C17H22ClNO3/c1-17(2,10-12-5-3-7-14(18)9-12)16(22)19-8-4-6-13(11-19)15(20)21/h3,5,7,9,13H,4,6,8,10-11H2,1-2H3,(H,20,21). The number of aliphatic carboxylic acids is 1. The van der Waals surface area contributed by atoms with Crippen molar-refractivity contribution in [2.24, 2.45) is 11.3 Å². The maximum Gasteiger partial charge on any atom is 0.308 e. The van der Waals surface area contributed by atoms with E-state index in [1.165, 1.54) is 0 Å². The van der Waals surface area contributed by atoms with Crippen molar-refractivity contribution >= 4 is 23.5 Å². The van der Waals surface area contributed by atoms with Crippen LogP contribution in [0.1, 0.15) is 32.3 Å². The van der Waals surface area contributed by atoms with Gasteiger partial charge in [0.2, 0.25) is 5.91 Å². The lowest BCUT2D eigenvalue weighted by Crippen LogP contribution is -2.48. The van der Waals surface area contributed by atoms with Crippen molar-refractivity contribution in [2.45, 2.75) is 33.1 Å². The summed E-state index contributed by atoms with van der Waals surface area (Å²) in [4.78, 5) is 25.6. The molecule has 2 rings (SSSR count). The first-order valence-corrected chi connectivity index (χ1v) is 7.94. The number of carboxylic acids is 1. The van der Waals surface area contributed by atoms with Crippen molar-refractivity contribution in [3.05, 3.63) is 34.9 Å². The number of halogens is 1. The number of carbonyl (C=O) groups excluding carboxylic acids is 1. The Labute approximate surface area is 136 Å². The third-order valence-corrected chi connectivity index (χ3v) is 4.41. The second-order valence-corrected chi connectivity index (χ2v) is 7.06. The van der Waals surface area contributed by atoms with Crippen LogP contribution in [0.2, 0.25) is 5.02 Å². The Morgan fingerprint density at radius 3 is 2.77 bits per heavy atom. The molecule has 0 aromatic heterocycles. The molecule has 1 heterocycles. The number of nitrogens with zero attached hydrogens (tertiary/aromatic N) is 1. The van der Waals surface area contributed by atoms with Crippen molar-refractivity contribution < 1.29 is 14.7 Å². The summed E-state index contributed by atoms with van der Waals surface area (Å²) in [5, 5.41) is 9.81. The first kappa shape index (κ1) is 16.8. The smallest absolute Gasteiger partial charge is 0.308 e. The fourth-order valence-corrected chi connectivity index (χ4v) is 3.24. The van der Waals surface area contributed by atoms with Gasteiger partial charge in [0.1, 0.15) is 0 Å². The van der Waals surface area contributed by atoms with E-state index in [2.05, 4.69) is 0 Å². The average Bonchev–Trinajstić information content (AvgIpc) is 2.46. The Morgan fingerprint density at radius 2 is 2.14 bits per heavy atom. The highest BCUT2D eigenvalue weighted by molar-refractivity contribution is 6.30. The fraction of sp³-hybridized carbons (Fsp3) is 0.529. The van der Waals surface area contributed by atoms with Crippen molar-refractivity contribution in [3.8, 4) is 0 Å². The normalized spacial score (nSPS) is 19.0. The number of rotatable bonds is 4. The van der Waals surface area contributed by atoms with Gasteiger partial charge in [0.15, 0.2) is 0 Å². The summed E-state index contributed by atoms with van der Waals surface area (Å²) in [5.74, 6) is -1.25. The second kappa shape index (κ2) is 6.69. The number of hydrogen-bond donors (Lipinski definition) is 1. The molecule has 1 aromatic rings. The number of amides is 1. The molecule has 0 saturated carbocycles. The third-order valence-electron chi connectivity index (χ3n) is 4.17. The van der Waals surface area contributed by atoms with Gasteiger partial charge in [-0.05, 0) is 37.0 Å². The van der Waals surface area contributed by atoms with Gasteiger partial charge in [0, 0.05) is 23.5 Å². The minimum atomic E-state index is -0.815. The van der Waals surface area contributed by atoms with E-state index in [0.29, 0.717) is 31.0 Å². The molecule has 1 aliphatic rings. The molecule has 1 aliphatic heterocycles. The molecule has 1 fully saturated rings. The van der Waals surface area contributed by atoms with Gasteiger partial charge >= 0.3 is 5.97 Å². The summed E-state index contributed by atoms with van der Waals surface area (Å²) in [6.45, 7) is 4.76. The summed E-state index contributed by atoms with van der Waals surface area (Å²) in [6, 6.07) is 7.51. The van der Waals surface area contributed by atoms with Crippen molar-refractivity contribution in [1.82, 2.24) is 4.90 Å². The summed E-state index contributed by atoms with van der Waals surface area (Å²) in [5.41, 5.74) is 0.433. The number of hydrogen-bond acceptors (Lipinski definition) is 2. The van der Waals surface area contributed by atoms with Gasteiger partial charge in [-0.3, -0.25) is 9.59 Å². The quantitative estimate of drug-likeness (QED) is 0.925. The van der Waals surface area contributed by atoms with E-state index in [0.717, 1.165) is 12.0 Å². The predicted octanol–water partition coefficient (Wildman–Crippen LogP) is 3.23. The molecule has 22 heavy (non-hydrogen) atoms. The molecule has 0 radical (unpaired) electrons. The maximum absolute atomic E-state index is 12.8. The van der Waals surface area contributed by atoms with Gasteiger partial charge in [0.05, 0.1) is 5.92 Å². The number of likely N-dealkylation sites (tertiary alicyclic amines) is 1. The molecule has 1 atom stereocenters. The molecule has 1 aromatic carbocycles. The van der Waals surface area contributed by atoms with Crippen LogP contribution < -0.4 is 0 Å². The molecule has 1 saturated heterocycles. The number of piperidine rings is 1. The molecule has 0 bridgehead atoms. The van der Waals surface area contributed by atoms with Crippen LogP contribution in [0.5, 0.6) is 0 Å². The monoisotopic (exact) mass is 323 g/mol. The van der Waals surface area contributed by atoms with Gasteiger partial charge in [-0.15, -0.1) is 0 Å². The van der Waals surface area contributed by atoms with Crippen LogP contribution in [-0.2, 0) is 16.0 Å². The number of carboxylic acid groups (broad SMARTS) is 1. The lowest BCUT2D eigenvalue weighted by atomic mass is 9.83. The van der Waals surface area contributed by atoms with Crippen LogP contribution in [0.3, 0.4) is 0 Å². The molecule has 5 heteroatoms. The van der Waals surface area contributed by atoms with Gasteiger partial charge in [-0.2, -0.15) is 0 Å². The van der Waals surface area contributed by atoms with E-state index in [9.17, 15) is 9.59 Å². The first-order valence-electron chi connectivity index (χ1n) is 7.56. The predicted molar refractivity (Wildman–Crippen MR) is 85.9 cm³/mol. The molecular formula is C17H22ClNO3. The Balaban J connectivity index is 2.07. The Bertz CT molecular complexity index is 571. The van der Waals surface area contributed by atoms with Crippen LogP contribution in [0.15, 0.2) is 24.3 Å². The highest BCUT2D eigenvalue weighted by Crippen LogP contribution is 2.28. The molecule has 120 valence electrons. The van der Waals surface area contributed by atoms with E-state index in [1.54, 1.807) is 4.90 Å². The summed E-state index contributed by atoms with van der Waals surface area (Å²) >= 11 is 6.00. The molecule has 0 aliphatic carbocycles. The van der Waals surface area contributed by atoms with Crippen LogP contribution >= 0.6 is 11.6 Å². The van der Waals surface area contributed by atoms with E-state index < -0.39 is 17.3 Å². The van der Waals surface area contributed by atoms with Gasteiger partial charge < -0.3 is 10.0 Å². The molecule has 1 unspecified atom stereocenters. The van der Waals surface area contributed by atoms with Crippen molar-refractivity contribution in [3.63, 3.8) is 0 Å². The second-order valence-electron chi connectivity index (χ2n) is 6.62. The zero-order chi connectivity index (χ0) is 16.3. The van der Waals surface area contributed by atoms with Gasteiger partial charge in [-0.25, -0.2) is 0 Å². The Morgan fingerprint density at radius 1 is 1.41 bits per heavy atom. The largest absolute Gasteiger partial charge is 0.481 e. The summed E-state index contributed by atoms with van der Waals surface area (Å²) < 4.78 is 0. The first-order chi connectivity index (χ1) is 10.3. The van der Waals surface area contributed by atoms with Crippen LogP contribution in [-0.4, -0.2) is 35.0 Å². The highest BCUT2D eigenvalue weighted by atomic mass is 35.5. The topological polar surface area (TPSA) is 57.6 Å². The molecule has 0 spiro atoms. The third kappa shape index (κ3) is 4.01. The lowest BCUT2D eigenvalue weighted by molar-refractivity contribution is -0.148. The highest BCUT2D eigenvalue weighted by Gasteiger charge is 2.36. The summed E-state index contributed by atoms with van der Waals surface area (Å²) in [6.07, 6.45) is 1.98. The summed E-state index contributed by atoms with van der Waals surface area (Å²) in [7, 11) is 0. The molecule has 1 amide bonds. The zero-order valence-electron chi connectivity index (χ0n) is 13.0. The Kier molecular flexibility index (Phi) is 5.12. The van der Waals surface area contributed by atoms with E-state index in [1.807, 2.05) is 38.1 Å². The Hall–Kier alpha value is -1.55. The number of carbonyl (C=O) groups is 2. The number of benzene rings is 1. The molecular weight excluding hydrogens is 302 g/mol. The molecule has 1 N–H and O–H groups in total. The maximum atomic E-state index is 12.8. The van der Waals surface area contributed by atoms with Crippen LogP contribution in [0.4, 0.5) is 0 Å². The molecule has 4 nitrogen and oxygen atoms in total. The van der Waals surface area contributed by atoms with Crippen molar-refractivity contribution in [1.29, 1.82) is 0 Å². The fourth-order valence-electron chi connectivity index (χ4n) is 3.02. The van der Waals surface area contributed by atoms with E-state index >= 15 is 0 Å². The zero-order valence-corrected chi connectivity index (χ0v) is 13.8.